The van der Waals surface area contributed by atoms with Gasteiger partial charge >= 0.3 is 6.03 Å². The Morgan fingerprint density at radius 2 is 1.71 bits per heavy atom. The SMILES string of the molecule is C=CCc1cc(/C=C2\C(=O)NC(=O)N(c3cccc(Cl)c3)C2=O)cc(OCC)c1OCc1cccc2ccccc12. The number of anilines is 1. The number of halogens is 1. The average Bonchev–Trinajstić information content (AvgIpc) is 2.95. The molecule has 4 aromatic rings. The molecule has 0 aliphatic carbocycles. The Kier molecular flexibility index (Phi) is 8.17. The molecule has 5 rings (SSSR count). The summed E-state index contributed by atoms with van der Waals surface area (Å²) in [6.45, 7) is 6.41. The summed E-state index contributed by atoms with van der Waals surface area (Å²) in [6.07, 6.45) is 3.63. The molecular formula is C33H27ClN2O5. The number of carbonyl (C=O) groups is 3. The third kappa shape index (κ3) is 5.85. The number of rotatable bonds is 9. The molecular weight excluding hydrogens is 540 g/mol. The molecule has 0 bridgehead atoms. The smallest absolute Gasteiger partial charge is 0.335 e. The molecule has 4 amide bonds. The van der Waals surface area contributed by atoms with E-state index in [0.717, 1.165) is 26.8 Å². The number of urea groups is 1. The maximum atomic E-state index is 13.4. The summed E-state index contributed by atoms with van der Waals surface area (Å²) in [7, 11) is 0. The molecule has 0 radical (unpaired) electrons. The first-order valence-corrected chi connectivity index (χ1v) is 13.4. The molecule has 206 valence electrons. The van der Waals surface area contributed by atoms with Crippen molar-refractivity contribution in [2.75, 3.05) is 11.5 Å². The highest BCUT2D eigenvalue weighted by atomic mass is 35.5. The number of nitrogens with zero attached hydrogens (tertiary/aromatic N) is 1. The van der Waals surface area contributed by atoms with E-state index in [1.807, 2.05) is 37.3 Å². The van der Waals surface area contributed by atoms with Crippen LogP contribution < -0.4 is 19.7 Å². The molecule has 0 unspecified atom stereocenters. The van der Waals surface area contributed by atoms with Gasteiger partial charge in [-0.05, 0) is 71.7 Å². The first-order valence-electron chi connectivity index (χ1n) is 13.1. The molecule has 4 aromatic carbocycles. The minimum atomic E-state index is -0.848. The summed E-state index contributed by atoms with van der Waals surface area (Å²) in [5.74, 6) is -0.541. The van der Waals surface area contributed by atoms with Crippen LogP contribution in [0.2, 0.25) is 5.02 Å². The summed E-state index contributed by atoms with van der Waals surface area (Å²) in [6, 6.07) is 23.1. The van der Waals surface area contributed by atoms with Crippen molar-refractivity contribution in [3.63, 3.8) is 0 Å². The number of fused-ring (bicyclic) bond motifs is 1. The predicted molar refractivity (Wildman–Crippen MR) is 160 cm³/mol. The quantitative estimate of drug-likeness (QED) is 0.136. The Labute approximate surface area is 242 Å². The Hall–Kier alpha value is -4.88. The van der Waals surface area contributed by atoms with E-state index in [1.165, 1.54) is 12.1 Å². The van der Waals surface area contributed by atoms with E-state index in [-0.39, 0.29) is 11.3 Å². The van der Waals surface area contributed by atoms with Gasteiger partial charge in [0.1, 0.15) is 12.2 Å². The number of imide groups is 2. The summed E-state index contributed by atoms with van der Waals surface area (Å²) in [5, 5.41) is 4.80. The number of ether oxygens (including phenoxy) is 2. The first-order chi connectivity index (χ1) is 19.9. The molecule has 0 saturated carbocycles. The maximum absolute atomic E-state index is 13.4. The van der Waals surface area contributed by atoms with Crippen LogP contribution in [0.15, 0.2) is 97.1 Å². The predicted octanol–water partition coefficient (Wildman–Crippen LogP) is 6.87. The fourth-order valence-electron chi connectivity index (χ4n) is 4.74. The van der Waals surface area contributed by atoms with Crippen molar-refractivity contribution in [1.82, 2.24) is 5.32 Å². The van der Waals surface area contributed by atoms with Crippen LogP contribution >= 0.6 is 11.6 Å². The second-order valence-electron chi connectivity index (χ2n) is 9.30. The molecule has 41 heavy (non-hydrogen) atoms. The zero-order chi connectivity index (χ0) is 28.9. The second kappa shape index (κ2) is 12.1. The zero-order valence-corrected chi connectivity index (χ0v) is 23.1. The monoisotopic (exact) mass is 566 g/mol. The normalized spacial score (nSPS) is 14.3. The Morgan fingerprint density at radius 1 is 0.927 bits per heavy atom. The van der Waals surface area contributed by atoms with Crippen LogP contribution in [0.5, 0.6) is 11.5 Å². The van der Waals surface area contributed by atoms with Gasteiger partial charge in [0.05, 0.1) is 12.3 Å². The van der Waals surface area contributed by atoms with Crippen molar-refractivity contribution in [2.45, 2.75) is 20.0 Å². The third-order valence-electron chi connectivity index (χ3n) is 6.55. The van der Waals surface area contributed by atoms with Gasteiger partial charge in [-0.1, -0.05) is 66.2 Å². The van der Waals surface area contributed by atoms with Gasteiger partial charge in [-0.15, -0.1) is 6.58 Å². The molecule has 7 nitrogen and oxygen atoms in total. The van der Waals surface area contributed by atoms with Crippen LogP contribution in [0, 0.1) is 0 Å². The second-order valence-corrected chi connectivity index (χ2v) is 9.73. The summed E-state index contributed by atoms with van der Waals surface area (Å²) in [4.78, 5) is 39.6. The highest BCUT2D eigenvalue weighted by Crippen LogP contribution is 2.36. The van der Waals surface area contributed by atoms with Gasteiger partial charge in [-0.25, -0.2) is 9.69 Å². The van der Waals surface area contributed by atoms with Gasteiger partial charge in [-0.3, -0.25) is 14.9 Å². The average molecular weight is 567 g/mol. The molecule has 1 aliphatic rings. The Balaban J connectivity index is 1.52. The lowest BCUT2D eigenvalue weighted by Crippen LogP contribution is -2.54. The highest BCUT2D eigenvalue weighted by molar-refractivity contribution is 6.39. The van der Waals surface area contributed by atoms with E-state index in [1.54, 1.807) is 30.3 Å². The van der Waals surface area contributed by atoms with Crippen molar-refractivity contribution >= 4 is 52.0 Å². The minimum Gasteiger partial charge on any atom is -0.490 e. The first kappa shape index (κ1) is 27.7. The van der Waals surface area contributed by atoms with E-state index < -0.39 is 17.8 Å². The number of carbonyl (C=O) groups excluding carboxylic acids is 3. The fraction of sp³-hybridized carbons (Fsp3) is 0.121. The van der Waals surface area contributed by atoms with E-state index in [2.05, 4.69) is 30.1 Å². The number of benzene rings is 4. The van der Waals surface area contributed by atoms with Gasteiger partial charge in [0.15, 0.2) is 11.5 Å². The van der Waals surface area contributed by atoms with Gasteiger partial charge in [-0.2, -0.15) is 0 Å². The van der Waals surface area contributed by atoms with Gasteiger partial charge < -0.3 is 9.47 Å². The largest absolute Gasteiger partial charge is 0.490 e. The van der Waals surface area contributed by atoms with Crippen LogP contribution in [0.3, 0.4) is 0 Å². The van der Waals surface area contributed by atoms with Crippen molar-refractivity contribution in [1.29, 1.82) is 0 Å². The lowest BCUT2D eigenvalue weighted by atomic mass is 10.0. The number of hydrogen-bond acceptors (Lipinski definition) is 5. The van der Waals surface area contributed by atoms with Crippen molar-refractivity contribution < 1.29 is 23.9 Å². The summed E-state index contributed by atoms with van der Waals surface area (Å²) >= 11 is 6.07. The van der Waals surface area contributed by atoms with E-state index >= 15 is 0 Å². The molecule has 1 N–H and O–H groups in total. The van der Waals surface area contributed by atoms with Crippen molar-refractivity contribution in [2.24, 2.45) is 0 Å². The van der Waals surface area contributed by atoms with Crippen LogP contribution in [0.4, 0.5) is 10.5 Å². The molecule has 0 spiro atoms. The van der Waals surface area contributed by atoms with Gasteiger partial charge in [0, 0.05) is 10.6 Å². The molecule has 0 aromatic heterocycles. The lowest BCUT2D eigenvalue weighted by molar-refractivity contribution is -0.122. The molecule has 1 saturated heterocycles. The van der Waals surface area contributed by atoms with Crippen LogP contribution in [-0.4, -0.2) is 24.5 Å². The maximum Gasteiger partial charge on any atom is 0.335 e. The number of allylic oxidation sites excluding steroid dienone is 1. The molecule has 1 heterocycles. The third-order valence-corrected chi connectivity index (χ3v) is 6.78. The fourth-order valence-corrected chi connectivity index (χ4v) is 4.93. The van der Waals surface area contributed by atoms with E-state index in [4.69, 9.17) is 21.1 Å². The minimum absolute atomic E-state index is 0.207. The molecule has 1 fully saturated rings. The molecule has 1 aliphatic heterocycles. The zero-order valence-electron chi connectivity index (χ0n) is 22.4. The van der Waals surface area contributed by atoms with E-state index in [9.17, 15) is 14.4 Å². The van der Waals surface area contributed by atoms with Crippen LogP contribution in [-0.2, 0) is 22.6 Å². The number of nitrogens with one attached hydrogen (secondary N) is 1. The Bertz CT molecular complexity index is 1710. The number of barbiturate groups is 1. The molecule has 8 heteroatoms. The highest BCUT2D eigenvalue weighted by Gasteiger charge is 2.37. The lowest BCUT2D eigenvalue weighted by Gasteiger charge is -2.26. The standard InChI is InChI=1S/C33H27ClN2O5/c1-3-9-23-16-21(17-28-31(37)35-33(39)36(32(28)38)26-14-8-13-25(34)19-26)18-29(40-4-2)30(23)41-20-24-12-7-11-22-10-5-6-15-27(22)24/h3,5-8,10-19H,1,4,9,20H2,2H3,(H,35,37,39)/b28-17+. The number of hydrogen-bond donors (Lipinski definition) is 1. The van der Waals surface area contributed by atoms with Crippen molar-refractivity contribution in [3.05, 3.63) is 119 Å². The van der Waals surface area contributed by atoms with Crippen LogP contribution in [0.1, 0.15) is 23.6 Å². The van der Waals surface area contributed by atoms with E-state index in [0.29, 0.717) is 41.7 Å². The van der Waals surface area contributed by atoms with Crippen LogP contribution in [0.25, 0.3) is 16.8 Å². The molecule has 0 atom stereocenters. The summed E-state index contributed by atoms with van der Waals surface area (Å²) < 4.78 is 12.3. The topological polar surface area (TPSA) is 84.9 Å². The van der Waals surface area contributed by atoms with Gasteiger partial charge in [0.25, 0.3) is 11.8 Å². The van der Waals surface area contributed by atoms with Gasteiger partial charge in [0.2, 0.25) is 0 Å². The summed E-state index contributed by atoms with van der Waals surface area (Å²) in [5.41, 5.74) is 2.36. The number of amides is 4. The Morgan fingerprint density at radius 3 is 2.49 bits per heavy atom. The van der Waals surface area contributed by atoms with Crippen molar-refractivity contribution in [3.8, 4) is 11.5 Å².